The summed E-state index contributed by atoms with van der Waals surface area (Å²) in [5, 5.41) is 0.554. The van der Waals surface area contributed by atoms with E-state index in [-0.39, 0.29) is 29.0 Å². The molecule has 164 valence electrons. The van der Waals surface area contributed by atoms with Crippen LogP contribution in [0, 0.1) is 5.41 Å². The van der Waals surface area contributed by atoms with Crippen LogP contribution >= 0.6 is 35.0 Å². The summed E-state index contributed by atoms with van der Waals surface area (Å²) in [6, 6.07) is 5.21. The van der Waals surface area contributed by atoms with E-state index in [1.807, 2.05) is 19.9 Å². The van der Waals surface area contributed by atoms with Crippen molar-refractivity contribution in [2.75, 3.05) is 31.1 Å². The molecule has 0 aliphatic carbocycles. The van der Waals surface area contributed by atoms with Gasteiger partial charge in [0.2, 0.25) is 0 Å². The first-order valence-corrected chi connectivity index (χ1v) is 13.2. The summed E-state index contributed by atoms with van der Waals surface area (Å²) in [5.74, 6) is -0.0525. The van der Waals surface area contributed by atoms with Gasteiger partial charge in [0, 0.05) is 29.4 Å². The molecule has 1 saturated heterocycles. The largest absolute Gasteiger partial charge is 0.302 e. The van der Waals surface area contributed by atoms with Crippen molar-refractivity contribution in [1.82, 2.24) is 4.90 Å². The normalized spacial score (nSPS) is 17.3. The van der Waals surface area contributed by atoms with Gasteiger partial charge in [-0.25, -0.2) is 0 Å². The first-order valence-electron chi connectivity index (χ1n) is 9.75. The minimum atomic E-state index is -4.05. The van der Waals surface area contributed by atoms with Gasteiger partial charge in [-0.1, -0.05) is 49.5 Å². The maximum Gasteiger partial charge on any atom is 0.265 e. The molecule has 2 rings (SSSR count). The van der Waals surface area contributed by atoms with Crippen molar-refractivity contribution >= 4 is 50.9 Å². The summed E-state index contributed by atoms with van der Waals surface area (Å²) in [4.78, 5) is 15.5. The molecule has 29 heavy (non-hydrogen) atoms. The summed E-state index contributed by atoms with van der Waals surface area (Å²) in [6.45, 7) is 6.71. The Morgan fingerprint density at radius 2 is 1.86 bits per heavy atom. The molecular formula is C20H29Cl2NO4S2. The van der Waals surface area contributed by atoms with Crippen molar-refractivity contribution in [3.05, 3.63) is 33.8 Å². The molecule has 1 aromatic rings. The third kappa shape index (κ3) is 8.38. The number of likely N-dealkylation sites (tertiary alicyclic amines) is 1. The van der Waals surface area contributed by atoms with Gasteiger partial charge in [0.15, 0.2) is 0 Å². The van der Waals surface area contributed by atoms with Crippen LogP contribution in [-0.4, -0.2) is 54.8 Å². The van der Waals surface area contributed by atoms with Crippen molar-refractivity contribution in [2.24, 2.45) is 5.41 Å². The van der Waals surface area contributed by atoms with Crippen LogP contribution in [0.2, 0.25) is 10.0 Å². The van der Waals surface area contributed by atoms with Crippen LogP contribution in [0.1, 0.15) is 50.3 Å². The fourth-order valence-corrected chi connectivity index (χ4v) is 5.92. The fourth-order valence-electron chi connectivity index (χ4n) is 3.49. The summed E-state index contributed by atoms with van der Waals surface area (Å²) in [7, 11) is -4.05. The van der Waals surface area contributed by atoms with Crippen molar-refractivity contribution in [3.8, 4) is 0 Å². The quantitative estimate of drug-likeness (QED) is 0.467. The number of halogens is 2. The van der Waals surface area contributed by atoms with Gasteiger partial charge in [0.25, 0.3) is 10.1 Å². The Bertz CT molecular complexity index is 809. The van der Waals surface area contributed by atoms with E-state index < -0.39 is 15.5 Å². The highest BCUT2D eigenvalue weighted by atomic mass is 35.5. The standard InChI is InChI=1S/C20H29Cl2NO4S2/c1-20(2,14-23-8-4-3-5-9-23)19(24)13-18(28-10-11-29(25,26)27)15-6-7-16(21)17(22)12-15/h6-7,12,18H,3-5,8-11,13-14H2,1-2H3,(H,25,26,27)/t18-/m1/s1. The van der Waals surface area contributed by atoms with Crippen LogP contribution in [0.5, 0.6) is 0 Å². The highest BCUT2D eigenvalue weighted by molar-refractivity contribution is 8.00. The summed E-state index contributed by atoms with van der Waals surface area (Å²) < 4.78 is 31.2. The second-order valence-corrected chi connectivity index (χ2v) is 11.9. The minimum Gasteiger partial charge on any atom is -0.302 e. The molecule has 0 aromatic heterocycles. The lowest BCUT2D eigenvalue weighted by atomic mass is 9.84. The third-order valence-electron chi connectivity index (χ3n) is 5.17. The van der Waals surface area contributed by atoms with E-state index >= 15 is 0 Å². The molecule has 0 radical (unpaired) electrons. The van der Waals surface area contributed by atoms with E-state index in [0.717, 1.165) is 25.2 Å². The molecule has 0 bridgehead atoms. The molecular weight excluding hydrogens is 453 g/mol. The number of carbonyl (C=O) groups is 1. The Hall–Kier alpha value is -0.310. The van der Waals surface area contributed by atoms with Crippen LogP contribution < -0.4 is 0 Å². The molecule has 1 aromatic carbocycles. The molecule has 1 aliphatic rings. The minimum absolute atomic E-state index is 0.124. The first-order chi connectivity index (χ1) is 13.5. The smallest absolute Gasteiger partial charge is 0.265 e. The lowest BCUT2D eigenvalue weighted by Gasteiger charge is -2.34. The lowest BCUT2D eigenvalue weighted by Crippen LogP contribution is -2.42. The molecule has 1 fully saturated rings. The van der Waals surface area contributed by atoms with Crippen LogP contribution in [0.4, 0.5) is 0 Å². The number of ketones is 1. The highest BCUT2D eigenvalue weighted by Gasteiger charge is 2.32. The third-order valence-corrected chi connectivity index (χ3v) is 8.17. The molecule has 0 saturated carbocycles. The second kappa shape index (κ2) is 10.8. The maximum absolute atomic E-state index is 13.2. The molecule has 1 atom stereocenters. The van der Waals surface area contributed by atoms with Crippen LogP contribution in [0.15, 0.2) is 18.2 Å². The maximum atomic E-state index is 13.2. The van der Waals surface area contributed by atoms with Gasteiger partial charge in [0.05, 0.1) is 15.8 Å². The summed E-state index contributed by atoms with van der Waals surface area (Å²) >= 11 is 13.5. The van der Waals surface area contributed by atoms with E-state index in [1.165, 1.54) is 31.0 Å². The fraction of sp³-hybridized carbons (Fsp3) is 0.650. The van der Waals surface area contributed by atoms with Crippen molar-refractivity contribution < 1.29 is 17.8 Å². The Balaban J connectivity index is 2.11. The van der Waals surface area contributed by atoms with Crippen LogP contribution in [-0.2, 0) is 14.9 Å². The van der Waals surface area contributed by atoms with E-state index in [9.17, 15) is 13.2 Å². The number of Topliss-reactive ketones (excluding diaryl/α,β-unsaturated/α-hetero) is 1. The van der Waals surface area contributed by atoms with Crippen molar-refractivity contribution in [1.29, 1.82) is 0 Å². The number of carbonyl (C=O) groups excluding carboxylic acids is 1. The highest BCUT2D eigenvalue weighted by Crippen LogP contribution is 2.38. The average Bonchev–Trinajstić information content (AvgIpc) is 2.62. The van der Waals surface area contributed by atoms with E-state index in [2.05, 4.69) is 4.90 Å². The zero-order chi connectivity index (χ0) is 21.7. The van der Waals surface area contributed by atoms with Gasteiger partial charge in [-0.2, -0.15) is 20.2 Å². The topological polar surface area (TPSA) is 74.7 Å². The molecule has 1 heterocycles. The molecule has 0 unspecified atom stereocenters. The molecule has 1 N–H and O–H groups in total. The Kier molecular flexibility index (Phi) is 9.31. The SMILES string of the molecule is CC(C)(CN1CCCCC1)C(=O)C[C@@H](SCCS(=O)(=O)O)c1ccc(Cl)c(Cl)c1. The number of hydrogen-bond acceptors (Lipinski definition) is 5. The zero-order valence-corrected chi connectivity index (χ0v) is 20.0. The van der Waals surface area contributed by atoms with E-state index in [4.69, 9.17) is 27.8 Å². The summed E-state index contributed by atoms with van der Waals surface area (Å²) in [6.07, 6.45) is 3.84. The van der Waals surface area contributed by atoms with Crippen LogP contribution in [0.3, 0.4) is 0 Å². The number of piperidine rings is 1. The van der Waals surface area contributed by atoms with Crippen molar-refractivity contribution in [3.63, 3.8) is 0 Å². The average molecular weight is 482 g/mol. The molecule has 9 heteroatoms. The molecule has 5 nitrogen and oxygen atoms in total. The summed E-state index contributed by atoms with van der Waals surface area (Å²) in [5.41, 5.74) is 0.317. The first kappa shape index (κ1) is 25.0. The lowest BCUT2D eigenvalue weighted by molar-refractivity contribution is -0.128. The van der Waals surface area contributed by atoms with E-state index in [0.29, 0.717) is 10.0 Å². The number of benzene rings is 1. The van der Waals surface area contributed by atoms with Gasteiger partial charge >= 0.3 is 0 Å². The van der Waals surface area contributed by atoms with Crippen molar-refractivity contribution in [2.45, 2.75) is 44.8 Å². The van der Waals surface area contributed by atoms with Gasteiger partial charge < -0.3 is 4.90 Å². The molecule has 0 amide bonds. The number of nitrogens with zero attached hydrogens (tertiary/aromatic N) is 1. The molecule has 1 aliphatic heterocycles. The monoisotopic (exact) mass is 481 g/mol. The zero-order valence-electron chi connectivity index (χ0n) is 16.9. The van der Waals surface area contributed by atoms with Gasteiger partial charge in [0.1, 0.15) is 5.78 Å². The van der Waals surface area contributed by atoms with E-state index in [1.54, 1.807) is 12.1 Å². The number of rotatable bonds is 10. The Morgan fingerprint density at radius 3 is 2.45 bits per heavy atom. The van der Waals surface area contributed by atoms with Gasteiger partial charge in [-0.05, 0) is 43.6 Å². The number of thioether (sulfide) groups is 1. The second-order valence-electron chi connectivity index (χ2n) is 8.17. The number of hydrogen-bond donors (Lipinski definition) is 1. The predicted molar refractivity (Wildman–Crippen MR) is 122 cm³/mol. The molecule has 0 spiro atoms. The Labute approximate surface area is 188 Å². The van der Waals surface area contributed by atoms with Gasteiger partial charge in [-0.15, -0.1) is 0 Å². The Morgan fingerprint density at radius 1 is 1.21 bits per heavy atom. The van der Waals surface area contributed by atoms with Crippen LogP contribution in [0.25, 0.3) is 0 Å². The van der Waals surface area contributed by atoms with Gasteiger partial charge in [-0.3, -0.25) is 9.35 Å². The predicted octanol–water partition coefficient (Wildman–Crippen LogP) is 5.13.